The number of ether oxygens (including phenoxy) is 2. The summed E-state index contributed by atoms with van der Waals surface area (Å²) >= 11 is 7.69. The van der Waals surface area contributed by atoms with Crippen molar-refractivity contribution in [2.45, 2.75) is 40.3 Å². The van der Waals surface area contributed by atoms with Gasteiger partial charge in [0.1, 0.15) is 0 Å². The SMILES string of the molecule is COC(=O)[C@@]12CCC3(SCCS3)[C@@](C(=O)OC)(CCC13SCCS3)C2. The second kappa shape index (κ2) is 6.45. The highest BCUT2D eigenvalue weighted by Crippen LogP contribution is 2.76. The fourth-order valence-corrected chi connectivity index (χ4v) is 12.8. The van der Waals surface area contributed by atoms with Crippen LogP contribution in [-0.2, 0) is 19.1 Å². The Morgan fingerprint density at radius 2 is 1.04 bits per heavy atom. The van der Waals surface area contributed by atoms with Crippen molar-refractivity contribution in [3.63, 3.8) is 0 Å². The van der Waals surface area contributed by atoms with Crippen LogP contribution in [0, 0.1) is 10.8 Å². The van der Waals surface area contributed by atoms with Crippen LogP contribution in [0.1, 0.15) is 32.1 Å². The van der Waals surface area contributed by atoms with Gasteiger partial charge in [0, 0.05) is 23.0 Å². The number of carbonyl (C=O) groups is 2. The zero-order chi connectivity index (χ0) is 17.8. The Morgan fingerprint density at radius 3 is 1.36 bits per heavy atom. The number of hydrogen-bond acceptors (Lipinski definition) is 8. The number of rotatable bonds is 2. The Kier molecular flexibility index (Phi) is 4.82. The van der Waals surface area contributed by atoms with Gasteiger partial charge >= 0.3 is 11.9 Å². The highest BCUT2D eigenvalue weighted by atomic mass is 32.2. The third kappa shape index (κ3) is 2.32. The van der Waals surface area contributed by atoms with E-state index in [1.54, 1.807) is 0 Å². The quantitative estimate of drug-likeness (QED) is 0.628. The van der Waals surface area contributed by atoms with Gasteiger partial charge in [0.25, 0.3) is 0 Å². The fraction of sp³-hybridized carbons (Fsp3) is 0.882. The minimum atomic E-state index is -0.574. The summed E-state index contributed by atoms with van der Waals surface area (Å²) in [5.74, 6) is 4.05. The van der Waals surface area contributed by atoms with Crippen molar-refractivity contribution in [3.05, 3.63) is 0 Å². The van der Waals surface area contributed by atoms with Gasteiger partial charge in [-0.15, -0.1) is 47.0 Å². The minimum absolute atomic E-state index is 0.120. The molecule has 0 aromatic rings. The average Bonchev–Trinajstić information content (AvgIpc) is 3.31. The Balaban J connectivity index is 1.83. The monoisotopic (exact) mass is 420 g/mol. The van der Waals surface area contributed by atoms with Crippen molar-refractivity contribution in [2.75, 3.05) is 37.2 Å². The molecule has 2 saturated carbocycles. The molecule has 0 unspecified atom stereocenters. The Labute approximate surface area is 166 Å². The second-order valence-corrected chi connectivity index (χ2v) is 13.3. The summed E-state index contributed by atoms with van der Waals surface area (Å²) in [6.07, 6.45) is 3.99. The molecule has 2 spiro atoms. The van der Waals surface area contributed by atoms with Crippen LogP contribution in [-0.4, -0.2) is 57.3 Å². The minimum Gasteiger partial charge on any atom is -0.469 e. The van der Waals surface area contributed by atoms with Crippen LogP contribution >= 0.6 is 47.0 Å². The van der Waals surface area contributed by atoms with E-state index in [2.05, 4.69) is 0 Å². The van der Waals surface area contributed by atoms with Gasteiger partial charge in [0.15, 0.2) is 0 Å². The first-order valence-corrected chi connectivity index (χ1v) is 12.7. The Morgan fingerprint density at radius 1 is 0.680 bits per heavy atom. The van der Waals surface area contributed by atoms with Crippen LogP contribution in [0.25, 0.3) is 0 Å². The summed E-state index contributed by atoms with van der Waals surface area (Å²) in [6, 6.07) is 0. The van der Waals surface area contributed by atoms with Crippen molar-refractivity contribution >= 4 is 59.0 Å². The molecule has 0 amide bonds. The van der Waals surface area contributed by atoms with Crippen molar-refractivity contribution in [2.24, 2.45) is 10.8 Å². The van der Waals surface area contributed by atoms with Gasteiger partial charge in [-0.05, 0) is 32.1 Å². The smallest absolute Gasteiger partial charge is 0.314 e. The molecule has 8 heteroatoms. The maximum Gasteiger partial charge on any atom is 0.314 e. The van der Waals surface area contributed by atoms with Crippen molar-refractivity contribution in [1.82, 2.24) is 0 Å². The first-order chi connectivity index (χ1) is 12.0. The van der Waals surface area contributed by atoms with Gasteiger partial charge in [-0.2, -0.15) is 0 Å². The van der Waals surface area contributed by atoms with Crippen LogP contribution in [0.3, 0.4) is 0 Å². The first kappa shape index (κ1) is 18.7. The summed E-state index contributed by atoms with van der Waals surface area (Å²) in [5, 5.41) is 0. The molecule has 2 aliphatic carbocycles. The molecule has 4 aliphatic rings. The van der Waals surface area contributed by atoms with Gasteiger partial charge in [0.05, 0.1) is 33.2 Å². The molecule has 0 aromatic carbocycles. The van der Waals surface area contributed by atoms with Gasteiger partial charge in [-0.25, -0.2) is 0 Å². The van der Waals surface area contributed by atoms with Crippen molar-refractivity contribution in [1.29, 1.82) is 0 Å². The number of esters is 2. The lowest BCUT2D eigenvalue weighted by molar-refractivity contribution is -0.173. The number of fused-ring (bicyclic) bond motifs is 4. The third-order valence-corrected chi connectivity index (χ3v) is 14.3. The first-order valence-electron chi connectivity index (χ1n) is 8.73. The van der Waals surface area contributed by atoms with E-state index in [1.807, 2.05) is 47.0 Å². The van der Waals surface area contributed by atoms with E-state index in [1.165, 1.54) is 14.2 Å². The van der Waals surface area contributed by atoms with Gasteiger partial charge in [0.2, 0.25) is 0 Å². The molecule has 2 saturated heterocycles. The molecule has 0 N–H and O–H groups in total. The number of hydrogen-bond donors (Lipinski definition) is 0. The van der Waals surface area contributed by atoms with Crippen LogP contribution < -0.4 is 0 Å². The molecule has 4 nitrogen and oxygen atoms in total. The molecule has 0 radical (unpaired) electrons. The number of carbonyl (C=O) groups excluding carboxylic acids is 2. The lowest BCUT2D eigenvalue weighted by Gasteiger charge is -2.62. The lowest BCUT2D eigenvalue weighted by atomic mass is 9.53. The maximum absolute atomic E-state index is 13.1. The average molecular weight is 421 g/mol. The van der Waals surface area contributed by atoms with E-state index in [-0.39, 0.29) is 20.1 Å². The van der Waals surface area contributed by atoms with E-state index in [0.717, 1.165) is 48.7 Å². The van der Waals surface area contributed by atoms with Gasteiger partial charge in [-0.3, -0.25) is 9.59 Å². The Bertz CT molecular complexity index is 535. The highest BCUT2D eigenvalue weighted by molar-refractivity contribution is 8.22. The van der Waals surface area contributed by atoms with E-state index in [4.69, 9.17) is 9.47 Å². The van der Waals surface area contributed by atoms with Crippen LogP contribution in [0.15, 0.2) is 0 Å². The predicted octanol–water partition coefficient (Wildman–Crippen LogP) is 3.64. The lowest BCUT2D eigenvalue weighted by Crippen LogP contribution is -2.66. The molecule has 0 aromatic heterocycles. The molecule has 2 aliphatic heterocycles. The summed E-state index contributed by atoms with van der Waals surface area (Å²) in [5.41, 5.74) is -1.15. The maximum atomic E-state index is 13.1. The van der Waals surface area contributed by atoms with E-state index in [0.29, 0.717) is 6.42 Å². The van der Waals surface area contributed by atoms with Crippen molar-refractivity contribution < 1.29 is 19.1 Å². The fourth-order valence-electron chi connectivity index (χ4n) is 5.38. The zero-order valence-electron chi connectivity index (χ0n) is 14.6. The molecule has 4 fully saturated rings. The highest BCUT2D eigenvalue weighted by Gasteiger charge is 2.75. The molecule has 2 heterocycles. The molecule has 25 heavy (non-hydrogen) atoms. The van der Waals surface area contributed by atoms with Crippen LogP contribution in [0.4, 0.5) is 0 Å². The van der Waals surface area contributed by atoms with Crippen LogP contribution in [0.2, 0.25) is 0 Å². The van der Waals surface area contributed by atoms with Crippen molar-refractivity contribution in [3.8, 4) is 0 Å². The topological polar surface area (TPSA) is 52.6 Å². The Hall–Kier alpha value is 0.340. The molecule has 2 bridgehead atoms. The summed E-state index contributed by atoms with van der Waals surface area (Å²) < 4.78 is 10.4. The molecular weight excluding hydrogens is 396 g/mol. The third-order valence-electron chi connectivity index (χ3n) is 6.48. The summed E-state index contributed by atoms with van der Waals surface area (Å²) in [7, 11) is 2.99. The standard InChI is InChI=1S/C17H24O4S4/c1-20-12(18)14-3-5-17(24-9-10-25-17)15(11-14,13(19)21-2)4-6-16(14)22-7-8-23-16/h3-11H2,1-2H3/t14-,15-/m0/s1. The number of thioether (sulfide) groups is 4. The molecular formula is C17H24O4S4. The van der Waals surface area contributed by atoms with Gasteiger partial charge < -0.3 is 9.47 Å². The normalized spacial score (nSPS) is 38.0. The molecule has 2 atom stereocenters. The molecule has 140 valence electrons. The van der Waals surface area contributed by atoms with Crippen LogP contribution in [0.5, 0.6) is 0 Å². The largest absolute Gasteiger partial charge is 0.469 e. The molecule has 4 rings (SSSR count). The zero-order valence-corrected chi connectivity index (χ0v) is 17.9. The summed E-state index contributed by atoms with van der Waals surface area (Å²) in [4.78, 5) is 26.2. The van der Waals surface area contributed by atoms with Gasteiger partial charge in [-0.1, -0.05) is 0 Å². The predicted molar refractivity (Wildman–Crippen MR) is 107 cm³/mol. The van der Waals surface area contributed by atoms with E-state index >= 15 is 0 Å². The second-order valence-electron chi connectivity index (χ2n) is 7.22. The van der Waals surface area contributed by atoms with E-state index in [9.17, 15) is 9.59 Å². The number of methoxy groups -OCH3 is 2. The summed E-state index contributed by atoms with van der Waals surface area (Å²) in [6.45, 7) is 0. The van der Waals surface area contributed by atoms with E-state index < -0.39 is 10.8 Å².